The van der Waals surface area contributed by atoms with Crippen molar-refractivity contribution in [1.82, 2.24) is 30.2 Å². The maximum Gasteiger partial charge on any atom is 0.320 e. The largest absolute Gasteiger partial charge is 0.496 e. The number of carboxylic acid groups (broad SMARTS) is 1. The number of carbonyl (C=O) groups is 2. The summed E-state index contributed by atoms with van der Waals surface area (Å²) in [5.74, 6) is -0.546. The predicted octanol–water partition coefficient (Wildman–Crippen LogP) is 8.77. The number of carbonyl (C=O) groups excluding carboxylic acids is 1. The van der Waals surface area contributed by atoms with Crippen LogP contribution in [0.15, 0.2) is 78.3 Å². The predicted molar refractivity (Wildman–Crippen MR) is 252 cm³/mol. The number of hydrogen-bond acceptors (Lipinski definition) is 14. The minimum absolute atomic E-state index is 0.000263. The third-order valence-electron chi connectivity index (χ3n) is 10.3. The molecule has 350 valence electrons. The van der Waals surface area contributed by atoms with Gasteiger partial charge in [0.05, 0.1) is 71.6 Å². The average Bonchev–Trinajstić information content (AvgIpc) is 3.30. The second kappa shape index (κ2) is 23.7. The molecule has 0 aliphatic carbocycles. The molecule has 0 saturated heterocycles. The maximum absolute atomic E-state index is 14.5. The first kappa shape index (κ1) is 50.7. The van der Waals surface area contributed by atoms with Crippen LogP contribution in [0.3, 0.4) is 0 Å². The van der Waals surface area contributed by atoms with Crippen LogP contribution in [0, 0.1) is 11.6 Å². The van der Waals surface area contributed by atoms with Gasteiger partial charge in [-0.25, -0.2) is 28.7 Å². The van der Waals surface area contributed by atoms with Crippen LogP contribution >= 0.6 is 23.2 Å². The molecule has 20 heteroatoms. The lowest BCUT2D eigenvalue weighted by Gasteiger charge is -2.32. The van der Waals surface area contributed by atoms with Gasteiger partial charge in [0.1, 0.15) is 41.8 Å². The second-order valence-electron chi connectivity index (χ2n) is 15.0. The first-order chi connectivity index (χ1) is 31.6. The molecule has 2 aromatic heterocycles. The topological polar surface area (TPSA) is 195 Å². The molecule has 3 atom stereocenters. The van der Waals surface area contributed by atoms with Crippen LogP contribution in [0.25, 0.3) is 21.8 Å². The van der Waals surface area contributed by atoms with Crippen molar-refractivity contribution in [2.45, 2.75) is 58.9 Å². The van der Waals surface area contributed by atoms with E-state index in [4.69, 9.17) is 42.1 Å². The highest BCUT2D eigenvalue weighted by Crippen LogP contribution is 2.34. The number of rotatable bonds is 19. The molecule has 0 radical (unpaired) electrons. The summed E-state index contributed by atoms with van der Waals surface area (Å²) in [6.07, 6.45) is 2.74. The zero-order chi connectivity index (χ0) is 48.1. The Bertz CT molecular complexity index is 2700. The van der Waals surface area contributed by atoms with E-state index in [2.05, 4.69) is 40.9 Å². The Morgan fingerprint density at radius 2 is 1.26 bits per heavy atom. The van der Waals surface area contributed by atoms with Gasteiger partial charge < -0.3 is 40.0 Å². The van der Waals surface area contributed by atoms with E-state index in [-0.39, 0.29) is 52.5 Å². The lowest BCUT2D eigenvalue weighted by Crippen LogP contribution is -2.45. The van der Waals surface area contributed by atoms with Crippen molar-refractivity contribution in [3.63, 3.8) is 0 Å². The van der Waals surface area contributed by atoms with Crippen molar-refractivity contribution < 1.29 is 42.4 Å². The van der Waals surface area contributed by atoms with Crippen LogP contribution in [0.4, 0.5) is 31.8 Å². The summed E-state index contributed by atoms with van der Waals surface area (Å²) in [6.45, 7) is 8.27. The number of benzene rings is 4. The Kier molecular flexibility index (Phi) is 18.2. The molecule has 66 heavy (non-hydrogen) atoms. The van der Waals surface area contributed by atoms with E-state index < -0.39 is 23.6 Å². The zero-order valence-electron chi connectivity index (χ0n) is 37.6. The van der Waals surface area contributed by atoms with E-state index in [0.29, 0.717) is 69.4 Å². The number of fused-ring (bicyclic) bond motifs is 2. The Hall–Kier alpha value is -6.31. The third kappa shape index (κ3) is 12.7. The molecule has 0 aliphatic rings. The second-order valence-corrected chi connectivity index (χ2v) is 15.8. The molecule has 0 aliphatic heterocycles. The van der Waals surface area contributed by atoms with E-state index >= 15 is 0 Å². The Balaban J connectivity index is 0.000000247. The van der Waals surface area contributed by atoms with Gasteiger partial charge in [0, 0.05) is 67.4 Å². The smallest absolute Gasteiger partial charge is 0.320 e. The molecular formula is C46H51Cl2F2N9O7. The standard InChI is InChI=1S/C23H25ClFN5O3.C23H26ClFN4O4/c1-13(11-32-3)29-14(2)23(31)26-10-15-8-16-19(9-20(15)33-4)27-12-28-22(16)30-18-7-5-6-17(24)21(18)25;1-13(11-32-3)29(14(2)23(30)31)10-15-8-16-19(9-20(15)33-4)26-12-27-22(16)28-18-7-5-6-17(24)21(18)25/h5-9,12-13H,10-11H2,1-4H3,(H,26,31)(H,27,28,30);5-9,12-14H,10-11H2,1-4H3,(H,30,31)(H,26,27,28)/t13-;13-,14+/m00/s1. The number of ether oxygens (including phenoxy) is 4. The number of aromatic nitrogens is 4. The molecule has 6 rings (SSSR count). The fraction of sp³-hybridized carbons (Fsp3) is 0.326. The van der Waals surface area contributed by atoms with Gasteiger partial charge >= 0.3 is 5.97 Å². The van der Waals surface area contributed by atoms with Gasteiger partial charge in [-0.2, -0.15) is 0 Å². The molecule has 0 fully saturated rings. The zero-order valence-corrected chi connectivity index (χ0v) is 39.1. The van der Waals surface area contributed by atoms with Crippen molar-refractivity contribution in [3.8, 4) is 11.5 Å². The first-order valence-corrected chi connectivity index (χ1v) is 21.2. The fourth-order valence-electron chi connectivity index (χ4n) is 6.88. The van der Waals surface area contributed by atoms with Crippen LogP contribution in [-0.2, 0) is 32.2 Å². The summed E-state index contributed by atoms with van der Waals surface area (Å²) >= 11 is 11.8. The summed E-state index contributed by atoms with van der Waals surface area (Å²) in [7, 11) is 6.23. The highest BCUT2D eigenvalue weighted by Gasteiger charge is 2.27. The van der Waals surface area contributed by atoms with Gasteiger partial charge in [-0.1, -0.05) is 35.3 Å². The van der Waals surface area contributed by atoms with Crippen molar-refractivity contribution in [1.29, 1.82) is 0 Å². The number of anilines is 4. The maximum atomic E-state index is 14.5. The fourth-order valence-corrected chi connectivity index (χ4v) is 7.22. The average molecular weight is 951 g/mol. The summed E-state index contributed by atoms with van der Waals surface area (Å²) in [6, 6.07) is 15.3. The van der Waals surface area contributed by atoms with Crippen LogP contribution in [0.1, 0.15) is 38.8 Å². The van der Waals surface area contributed by atoms with Crippen LogP contribution in [0.2, 0.25) is 10.0 Å². The molecule has 16 nitrogen and oxygen atoms in total. The highest BCUT2D eigenvalue weighted by atomic mass is 35.5. The SMILES string of the molecule is COC[C@H](C)N(Cc1cc2c(Nc3cccc(Cl)c3F)ncnc2cc1OC)[C@H](C)C(=O)O.COC[C@H](C)N=C(C)C(=O)NCc1cc2c(Nc3cccc(Cl)c3F)ncnc2cc1OC. The normalized spacial score (nSPS) is 12.8. The number of nitrogens with zero attached hydrogens (tertiary/aromatic N) is 6. The number of carboxylic acids is 1. The number of amides is 1. The van der Waals surface area contributed by atoms with Gasteiger partial charge in [-0.15, -0.1) is 0 Å². The van der Waals surface area contributed by atoms with Crippen molar-refractivity contribution in [2.24, 2.45) is 4.99 Å². The van der Waals surface area contributed by atoms with Crippen molar-refractivity contribution in [2.75, 3.05) is 52.3 Å². The molecule has 4 aromatic carbocycles. The summed E-state index contributed by atoms with van der Waals surface area (Å²) in [5.41, 5.74) is 3.30. The lowest BCUT2D eigenvalue weighted by molar-refractivity contribution is -0.144. The van der Waals surface area contributed by atoms with Crippen molar-refractivity contribution in [3.05, 3.63) is 106 Å². The quantitative estimate of drug-likeness (QED) is 0.0563. The number of aliphatic imine (C=N–C) groups is 1. The first-order valence-electron chi connectivity index (χ1n) is 20.4. The molecular weight excluding hydrogens is 899 g/mol. The number of halogens is 4. The van der Waals surface area contributed by atoms with Gasteiger partial charge in [-0.3, -0.25) is 19.5 Å². The number of hydrogen-bond donors (Lipinski definition) is 4. The highest BCUT2D eigenvalue weighted by molar-refractivity contribution is 6.38. The minimum Gasteiger partial charge on any atom is -0.496 e. The van der Waals surface area contributed by atoms with E-state index in [9.17, 15) is 23.5 Å². The Morgan fingerprint density at radius 3 is 1.74 bits per heavy atom. The minimum atomic E-state index is -0.945. The third-order valence-corrected chi connectivity index (χ3v) is 10.8. The summed E-state index contributed by atoms with van der Waals surface area (Å²) in [5, 5.41) is 19.6. The Labute approximate surface area is 390 Å². The van der Waals surface area contributed by atoms with Gasteiger partial charge in [0.2, 0.25) is 0 Å². The number of nitrogens with one attached hydrogen (secondary N) is 3. The molecule has 6 aromatic rings. The van der Waals surface area contributed by atoms with Crippen molar-refractivity contribution >= 4 is 85.6 Å². The van der Waals surface area contributed by atoms with E-state index in [1.165, 1.54) is 39.0 Å². The van der Waals surface area contributed by atoms with Gasteiger partial charge in [0.15, 0.2) is 11.6 Å². The van der Waals surface area contributed by atoms with E-state index in [0.717, 1.165) is 5.56 Å². The summed E-state index contributed by atoms with van der Waals surface area (Å²) < 4.78 is 50.2. The summed E-state index contributed by atoms with van der Waals surface area (Å²) in [4.78, 5) is 47.5. The van der Waals surface area contributed by atoms with E-state index in [1.807, 2.05) is 24.8 Å². The number of aliphatic carboxylic acids is 1. The van der Waals surface area contributed by atoms with Crippen LogP contribution in [-0.4, -0.2) is 107 Å². The molecule has 0 unspecified atom stereocenters. The molecule has 0 bridgehead atoms. The van der Waals surface area contributed by atoms with E-state index in [1.54, 1.807) is 70.5 Å². The Morgan fingerprint density at radius 1 is 0.758 bits per heavy atom. The molecule has 1 amide bonds. The van der Waals surface area contributed by atoms with Crippen LogP contribution in [0.5, 0.6) is 11.5 Å². The number of methoxy groups -OCH3 is 4. The van der Waals surface area contributed by atoms with Gasteiger partial charge in [0.25, 0.3) is 5.91 Å². The molecule has 0 saturated carbocycles. The molecule has 2 heterocycles. The molecule has 4 N–H and O–H groups in total. The lowest BCUT2D eigenvalue weighted by atomic mass is 10.1. The van der Waals surface area contributed by atoms with Crippen LogP contribution < -0.4 is 25.4 Å². The monoisotopic (exact) mass is 949 g/mol. The van der Waals surface area contributed by atoms with Gasteiger partial charge in [-0.05, 0) is 64.1 Å². The molecule has 0 spiro atoms.